The third kappa shape index (κ3) is 3.57. The molecule has 2 rings (SSSR count). The van der Waals surface area contributed by atoms with Gasteiger partial charge in [0.1, 0.15) is 16.1 Å². The fourth-order valence-electron chi connectivity index (χ4n) is 2.71. The Hall–Kier alpha value is -1.87. The Labute approximate surface area is 148 Å². The predicted molar refractivity (Wildman–Crippen MR) is 91.8 cm³/mol. The molecule has 0 unspecified atom stereocenters. The number of aliphatic carboxylic acids is 1. The van der Waals surface area contributed by atoms with E-state index in [1.54, 1.807) is 7.05 Å². The highest BCUT2D eigenvalue weighted by molar-refractivity contribution is 7.89. The minimum Gasteiger partial charge on any atom is -0.480 e. The molecule has 0 saturated carbocycles. The number of sulfonamides is 1. The van der Waals surface area contributed by atoms with Gasteiger partial charge < -0.3 is 14.6 Å². The van der Waals surface area contributed by atoms with Crippen molar-refractivity contribution >= 4 is 21.9 Å². The fraction of sp³-hybridized carbons (Fsp3) is 0.625. The molecule has 0 spiro atoms. The molecule has 140 valence electrons. The standard InChI is InChI=1S/C16H25N3O5S/c1-16(2,15(21)22)18(4)14(20)13-10-12(11-17(13)3)25(23,24)19-8-6-5-7-9-19/h10-11H,5-9H2,1-4H3,(H,21,22). The highest BCUT2D eigenvalue weighted by Crippen LogP contribution is 2.24. The first-order valence-electron chi connectivity index (χ1n) is 8.17. The molecule has 1 aliphatic heterocycles. The smallest absolute Gasteiger partial charge is 0.329 e. The van der Waals surface area contributed by atoms with Gasteiger partial charge >= 0.3 is 5.97 Å². The molecule has 1 aromatic rings. The monoisotopic (exact) mass is 371 g/mol. The lowest BCUT2D eigenvalue weighted by Crippen LogP contribution is -2.51. The lowest BCUT2D eigenvalue weighted by atomic mass is 10.0. The number of aryl methyl sites for hydroxylation is 1. The van der Waals surface area contributed by atoms with Gasteiger partial charge in [-0.1, -0.05) is 6.42 Å². The molecule has 0 bridgehead atoms. The average molecular weight is 371 g/mol. The lowest BCUT2D eigenvalue weighted by molar-refractivity contribution is -0.147. The molecule has 0 aliphatic carbocycles. The van der Waals surface area contributed by atoms with Gasteiger partial charge in [0.05, 0.1) is 0 Å². The van der Waals surface area contributed by atoms with Crippen LogP contribution in [-0.4, -0.2) is 64.8 Å². The number of nitrogens with zero attached hydrogens (tertiary/aromatic N) is 3. The summed E-state index contributed by atoms with van der Waals surface area (Å²) in [4.78, 5) is 25.2. The number of hydrogen-bond donors (Lipinski definition) is 1. The van der Waals surface area contributed by atoms with Gasteiger partial charge in [-0.05, 0) is 32.8 Å². The molecule has 0 radical (unpaired) electrons. The Morgan fingerprint density at radius 3 is 2.28 bits per heavy atom. The van der Waals surface area contributed by atoms with E-state index in [0.29, 0.717) is 13.1 Å². The van der Waals surface area contributed by atoms with Crippen LogP contribution in [0.4, 0.5) is 0 Å². The van der Waals surface area contributed by atoms with Crippen LogP contribution in [0.5, 0.6) is 0 Å². The number of hydrogen-bond acceptors (Lipinski definition) is 4. The van der Waals surface area contributed by atoms with Crippen molar-refractivity contribution in [1.82, 2.24) is 13.8 Å². The summed E-state index contributed by atoms with van der Waals surface area (Å²) >= 11 is 0. The van der Waals surface area contributed by atoms with E-state index in [9.17, 15) is 23.1 Å². The van der Waals surface area contributed by atoms with Crippen LogP contribution in [-0.2, 0) is 21.9 Å². The highest BCUT2D eigenvalue weighted by atomic mass is 32.2. The van der Waals surface area contributed by atoms with E-state index in [0.717, 1.165) is 24.2 Å². The van der Waals surface area contributed by atoms with E-state index in [4.69, 9.17) is 0 Å². The van der Waals surface area contributed by atoms with Crippen LogP contribution in [0.15, 0.2) is 17.2 Å². The maximum Gasteiger partial charge on any atom is 0.329 e. The van der Waals surface area contributed by atoms with Gasteiger partial charge in [-0.2, -0.15) is 4.31 Å². The predicted octanol–water partition coefficient (Wildman–Crippen LogP) is 1.13. The molecule has 8 nitrogen and oxygen atoms in total. The number of carbonyl (C=O) groups is 2. The molecule has 9 heteroatoms. The minimum atomic E-state index is -3.65. The topological polar surface area (TPSA) is 99.9 Å². The summed E-state index contributed by atoms with van der Waals surface area (Å²) in [5.41, 5.74) is -1.28. The zero-order valence-electron chi connectivity index (χ0n) is 15.0. The largest absolute Gasteiger partial charge is 0.480 e. The van der Waals surface area contributed by atoms with Gasteiger partial charge in [0.15, 0.2) is 0 Å². The maximum atomic E-state index is 12.7. The SMILES string of the molecule is CN(C(=O)c1cc(S(=O)(=O)N2CCCCC2)cn1C)C(C)(C)C(=O)O. The van der Waals surface area contributed by atoms with Gasteiger partial charge in [-0.3, -0.25) is 4.79 Å². The van der Waals surface area contributed by atoms with Crippen molar-refractivity contribution in [3.8, 4) is 0 Å². The number of amides is 1. The molecule has 0 aromatic carbocycles. The first kappa shape index (κ1) is 19.5. The quantitative estimate of drug-likeness (QED) is 0.836. The van der Waals surface area contributed by atoms with Crippen LogP contribution in [0.2, 0.25) is 0 Å². The van der Waals surface area contributed by atoms with Crippen LogP contribution >= 0.6 is 0 Å². The first-order chi connectivity index (χ1) is 11.5. The summed E-state index contributed by atoms with van der Waals surface area (Å²) in [5, 5.41) is 9.28. The van der Waals surface area contributed by atoms with Crippen molar-refractivity contribution in [1.29, 1.82) is 0 Å². The van der Waals surface area contributed by atoms with Crippen molar-refractivity contribution in [3.05, 3.63) is 18.0 Å². The summed E-state index contributed by atoms with van der Waals surface area (Å²) in [6.07, 6.45) is 4.07. The molecule has 1 amide bonds. The number of aromatic nitrogens is 1. The zero-order valence-corrected chi connectivity index (χ0v) is 15.8. The Morgan fingerprint density at radius 2 is 1.76 bits per heavy atom. The third-order valence-corrected chi connectivity index (χ3v) is 6.68. The maximum absolute atomic E-state index is 12.7. The van der Waals surface area contributed by atoms with Gasteiger partial charge in [0, 0.05) is 33.4 Å². The summed E-state index contributed by atoms with van der Waals surface area (Å²) in [7, 11) is -0.685. The lowest BCUT2D eigenvalue weighted by Gasteiger charge is -2.31. The van der Waals surface area contributed by atoms with Crippen LogP contribution in [0, 0.1) is 0 Å². The van der Waals surface area contributed by atoms with Crippen molar-refractivity contribution in [2.75, 3.05) is 20.1 Å². The Balaban J connectivity index is 2.34. The van der Waals surface area contributed by atoms with Gasteiger partial charge in [-0.15, -0.1) is 0 Å². The minimum absolute atomic E-state index is 0.0572. The summed E-state index contributed by atoms with van der Waals surface area (Å²) < 4.78 is 28.3. The molecular formula is C16H25N3O5S. The fourth-order valence-corrected chi connectivity index (χ4v) is 4.30. The molecule has 1 N–H and O–H groups in total. The molecule has 1 saturated heterocycles. The second-order valence-electron chi connectivity index (χ2n) is 6.87. The Morgan fingerprint density at radius 1 is 1.20 bits per heavy atom. The van der Waals surface area contributed by atoms with Crippen LogP contribution < -0.4 is 0 Å². The first-order valence-corrected chi connectivity index (χ1v) is 9.61. The van der Waals surface area contributed by atoms with Crippen molar-refractivity contribution in [2.45, 2.75) is 43.5 Å². The molecule has 2 heterocycles. The van der Waals surface area contributed by atoms with Crippen LogP contribution in [0.3, 0.4) is 0 Å². The molecule has 1 aromatic heterocycles. The number of likely N-dealkylation sites (N-methyl/N-ethyl adjacent to an activating group) is 1. The normalized spacial score (nSPS) is 16.6. The second kappa shape index (κ2) is 6.80. The highest BCUT2D eigenvalue weighted by Gasteiger charge is 2.37. The summed E-state index contributed by atoms with van der Waals surface area (Å²) in [6.45, 7) is 3.79. The summed E-state index contributed by atoms with van der Waals surface area (Å²) in [5.74, 6) is -1.69. The van der Waals surface area contributed by atoms with E-state index < -0.39 is 27.4 Å². The second-order valence-corrected chi connectivity index (χ2v) is 8.80. The number of piperidine rings is 1. The van der Waals surface area contributed by atoms with Crippen molar-refractivity contribution in [3.63, 3.8) is 0 Å². The molecule has 0 atom stereocenters. The van der Waals surface area contributed by atoms with E-state index in [2.05, 4.69) is 0 Å². The van der Waals surface area contributed by atoms with Gasteiger partial charge in [0.25, 0.3) is 5.91 Å². The molecule has 1 aliphatic rings. The number of rotatable bonds is 5. The van der Waals surface area contributed by atoms with Gasteiger partial charge in [0.2, 0.25) is 10.0 Å². The number of carbonyl (C=O) groups excluding carboxylic acids is 1. The molecule has 1 fully saturated rings. The summed E-state index contributed by atoms with van der Waals surface area (Å²) in [6, 6.07) is 1.32. The van der Waals surface area contributed by atoms with Gasteiger partial charge in [-0.25, -0.2) is 13.2 Å². The third-order valence-electron chi connectivity index (χ3n) is 4.82. The van der Waals surface area contributed by atoms with E-state index in [1.807, 2.05) is 0 Å². The van der Waals surface area contributed by atoms with Crippen molar-refractivity contribution in [2.24, 2.45) is 7.05 Å². The number of carboxylic acids is 1. The Kier molecular flexibility index (Phi) is 5.29. The van der Waals surface area contributed by atoms with Crippen LogP contribution in [0.1, 0.15) is 43.6 Å². The average Bonchev–Trinajstić information content (AvgIpc) is 2.96. The van der Waals surface area contributed by atoms with E-state index >= 15 is 0 Å². The molecular weight excluding hydrogens is 346 g/mol. The van der Waals surface area contributed by atoms with Crippen LogP contribution in [0.25, 0.3) is 0 Å². The zero-order chi connectivity index (χ0) is 19.0. The molecule has 25 heavy (non-hydrogen) atoms. The van der Waals surface area contributed by atoms with Crippen molar-refractivity contribution < 1.29 is 23.1 Å². The number of carboxylic acid groups (broad SMARTS) is 1. The van der Waals surface area contributed by atoms with E-state index in [-0.39, 0.29) is 10.6 Å². The van der Waals surface area contributed by atoms with E-state index in [1.165, 1.54) is 42.0 Å². The Bertz CT molecular complexity index is 776.